The lowest BCUT2D eigenvalue weighted by atomic mass is 9.93. The summed E-state index contributed by atoms with van der Waals surface area (Å²) in [5, 5.41) is 5.82. The van der Waals surface area contributed by atoms with Gasteiger partial charge in [0.1, 0.15) is 5.82 Å². The number of halogens is 1. The molecule has 0 radical (unpaired) electrons. The number of H-pyrrole nitrogens is 2. The van der Waals surface area contributed by atoms with Gasteiger partial charge in [0.05, 0.1) is 6.04 Å². The average Bonchev–Trinajstić information content (AvgIpc) is 2.85. The predicted molar refractivity (Wildman–Crippen MR) is 68.8 cm³/mol. The van der Waals surface area contributed by atoms with Crippen molar-refractivity contribution >= 4 is 5.91 Å². The summed E-state index contributed by atoms with van der Waals surface area (Å²) in [6.45, 7) is 2.34. The number of nitrogens with zero attached hydrogens (tertiary/aromatic N) is 2. The summed E-state index contributed by atoms with van der Waals surface area (Å²) >= 11 is 0. The summed E-state index contributed by atoms with van der Waals surface area (Å²) in [5.74, 6) is -0.620. The molecule has 2 aromatic rings. The topological polar surface area (TPSA) is 81.8 Å². The number of hydrogen-bond donors (Lipinski definition) is 2. The van der Waals surface area contributed by atoms with Gasteiger partial charge in [-0.05, 0) is 36.6 Å². The number of benzene rings is 1. The van der Waals surface area contributed by atoms with Crippen molar-refractivity contribution in [3.8, 4) is 0 Å². The number of amides is 1. The van der Waals surface area contributed by atoms with Crippen molar-refractivity contribution in [3.05, 3.63) is 51.5 Å². The smallest absolute Gasteiger partial charge is 0.329 e. The van der Waals surface area contributed by atoms with Crippen molar-refractivity contribution < 1.29 is 9.18 Å². The SMILES string of the molecule is CC1c2ccc(F)cc2CCN1C(=O)c1n[nH]c(=O)[nH]1. The number of nitrogens with one attached hydrogen (secondary N) is 2. The van der Waals surface area contributed by atoms with E-state index in [2.05, 4.69) is 15.2 Å². The van der Waals surface area contributed by atoms with Gasteiger partial charge in [-0.2, -0.15) is 0 Å². The standard InChI is InChI=1S/C13H13FN4O2/c1-7-10-3-2-9(14)6-8(10)4-5-18(7)12(19)11-15-13(20)17-16-11/h2-3,6-7H,4-5H2,1H3,(H2,15,16,17,20). The lowest BCUT2D eigenvalue weighted by Crippen LogP contribution is -2.39. The van der Waals surface area contributed by atoms with Crippen molar-refractivity contribution in [2.75, 3.05) is 6.54 Å². The van der Waals surface area contributed by atoms with E-state index >= 15 is 0 Å². The third kappa shape index (κ3) is 2.01. The molecule has 7 heteroatoms. The van der Waals surface area contributed by atoms with Gasteiger partial charge in [0.2, 0.25) is 5.82 Å². The minimum Gasteiger partial charge on any atom is -0.329 e. The van der Waals surface area contributed by atoms with E-state index in [1.54, 1.807) is 11.0 Å². The zero-order valence-electron chi connectivity index (χ0n) is 10.8. The molecule has 3 rings (SSSR count). The van der Waals surface area contributed by atoms with E-state index in [1.807, 2.05) is 6.92 Å². The fraction of sp³-hybridized carbons (Fsp3) is 0.308. The van der Waals surface area contributed by atoms with Crippen LogP contribution >= 0.6 is 0 Å². The highest BCUT2D eigenvalue weighted by molar-refractivity contribution is 5.90. The van der Waals surface area contributed by atoms with E-state index in [-0.39, 0.29) is 23.6 Å². The quantitative estimate of drug-likeness (QED) is 0.815. The minimum absolute atomic E-state index is 0.00703. The molecule has 1 unspecified atom stereocenters. The fourth-order valence-corrected chi connectivity index (χ4v) is 2.59. The molecule has 0 bridgehead atoms. The maximum atomic E-state index is 13.2. The first-order valence-corrected chi connectivity index (χ1v) is 6.30. The van der Waals surface area contributed by atoms with Gasteiger partial charge in [-0.25, -0.2) is 14.3 Å². The van der Waals surface area contributed by atoms with Crippen LogP contribution in [0.3, 0.4) is 0 Å². The Balaban J connectivity index is 1.92. The molecule has 1 aliphatic heterocycles. The number of rotatable bonds is 1. The summed E-state index contributed by atoms with van der Waals surface area (Å²) in [7, 11) is 0. The van der Waals surface area contributed by atoms with Crippen molar-refractivity contribution in [1.29, 1.82) is 0 Å². The van der Waals surface area contributed by atoms with E-state index in [9.17, 15) is 14.0 Å². The first kappa shape index (κ1) is 12.6. The van der Waals surface area contributed by atoms with E-state index < -0.39 is 5.69 Å². The third-order valence-electron chi connectivity index (χ3n) is 3.61. The summed E-state index contributed by atoms with van der Waals surface area (Å²) < 4.78 is 13.2. The summed E-state index contributed by atoms with van der Waals surface area (Å²) in [4.78, 5) is 27.3. The highest BCUT2D eigenvalue weighted by Crippen LogP contribution is 2.30. The predicted octanol–water partition coefficient (Wildman–Crippen LogP) is 0.997. The lowest BCUT2D eigenvalue weighted by molar-refractivity contribution is 0.0665. The highest BCUT2D eigenvalue weighted by atomic mass is 19.1. The average molecular weight is 276 g/mol. The maximum Gasteiger partial charge on any atom is 0.341 e. The zero-order valence-corrected chi connectivity index (χ0v) is 10.8. The molecule has 6 nitrogen and oxygen atoms in total. The van der Waals surface area contributed by atoms with Gasteiger partial charge in [0, 0.05) is 6.54 Å². The largest absolute Gasteiger partial charge is 0.341 e. The van der Waals surface area contributed by atoms with Crippen LogP contribution in [-0.4, -0.2) is 32.5 Å². The van der Waals surface area contributed by atoms with Gasteiger partial charge in [-0.15, -0.1) is 5.10 Å². The molecule has 0 saturated carbocycles. The Morgan fingerprint density at radius 3 is 3.00 bits per heavy atom. The van der Waals surface area contributed by atoms with E-state index in [0.717, 1.165) is 11.1 Å². The zero-order chi connectivity index (χ0) is 14.3. The molecule has 0 saturated heterocycles. The third-order valence-corrected chi connectivity index (χ3v) is 3.61. The molecular weight excluding hydrogens is 263 g/mol. The van der Waals surface area contributed by atoms with Crippen molar-refractivity contribution in [3.63, 3.8) is 0 Å². The van der Waals surface area contributed by atoms with Gasteiger partial charge in [-0.3, -0.25) is 9.78 Å². The molecule has 2 heterocycles. The Morgan fingerprint density at radius 1 is 1.50 bits per heavy atom. The van der Waals surface area contributed by atoms with Crippen molar-refractivity contribution in [1.82, 2.24) is 20.1 Å². The Kier molecular flexibility index (Phi) is 2.89. The molecule has 1 aromatic heterocycles. The van der Waals surface area contributed by atoms with Crippen LogP contribution in [0.1, 0.15) is 34.7 Å². The minimum atomic E-state index is -0.513. The lowest BCUT2D eigenvalue weighted by Gasteiger charge is -2.34. The first-order valence-electron chi connectivity index (χ1n) is 6.30. The summed E-state index contributed by atoms with van der Waals surface area (Å²) in [6.07, 6.45) is 0.581. The molecule has 0 fully saturated rings. The molecule has 2 N–H and O–H groups in total. The van der Waals surface area contributed by atoms with Gasteiger partial charge in [0.15, 0.2) is 0 Å². The van der Waals surface area contributed by atoms with E-state index in [0.29, 0.717) is 13.0 Å². The van der Waals surface area contributed by atoms with Crippen LogP contribution < -0.4 is 5.69 Å². The second kappa shape index (κ2) is 4.59. The van der Waals surface area contributed by atoms with Gasteiger partial charge < -0.3 is 4.90 Å². The molecule has 1 atom stereocenters. The van der Waals surface area contributed by atoms with Crippen LogP contribution in [-0.2, 0) is 6.42 Å². The van der Waals surface area contributed by atoms with Gasteiger partial charge >= 0.3 is 5.69 Å². The van der Waals surface area contributed by atoms with Crippen LogP contribution in [0.5, 0.6) is 0 Å². The highest BCUT2D eigenvalue weighted by Gasteiger charge is 2.29. The van der Waals surface area contributed by atoms with Crippen LogP contribution in [0.4, 0.5) is 4.39 Å². The second-order valence-corrected chi connectivity index (χ2v) is 4.79. The molecule has 1 amide bonds. The number of aromatic nitrogens is 3. The van der Waals surface area contributed by atoms with E-state index in [1.165, 1.54) is 12.1 Å². The summed E-state index contributed by atoms with van der Waals surface area (Å²) in [5.41, 5.74) is 1.32. The second-order valence-electron chi connectivity index (χ2n) is 4.79. The normalized spacial score (nSPS) is 17.9. The Bertz CT molecular complexity index is 721. The molecule has 0 aliphatic carbocycles. The molecule has 0 spiro atoms. The Morgan fingerprint density at radius 2 is 2.30 bits per heavy atom. The number of hydrogen-bond acceptors (Lipinski definition) is 3. The maximum absolute atomic E-state index is 13.2. The van der Waals surface area contributed by atoms with Crippen LogP contribution in [0.15, 0.2) is 23.0 Å². The van der Waals surface area contributed by atoms with Crippen LogP contribution in [0, 0.1) is 5.82 Å². The molecule has 104 valence electrons. The Hall–Kier alpha value is -2.44. The van der Waals surface area contributed by atoms with Crippen LogP contribution in [0.25, 0.3) is 0 Å². The number of fused-ring (bicyclic) bond motifs is 1. The molecular formula is C13H13FN4O2. The summed E-state index contributed by atoms with van der Waals surface area (Å²) in [6, 6.07) is 4.40. The molecule has 20 heavy (non-hydrogen) atoms. The van der Waals surface area contributed by atoms with Crippen molar-refractivity contribution in [2.24, 2.45) is 0 Å². The van der Waals surface area contributed by atoms with Crippen LogP contribution in [0.2, 0.25) is 0 Å². The molecule has 1 aromatic carbocycles. The fourth-order valence-electron chi connectivity index (χ4n) is 2.59. The molecule has 1 aliphatic rings. The van der Waals surface area contributed by atoms with Gasteiger partial charge in [0.25, 0.3) is 5.91 Å². The van der Waals surface area contributed by atoms with Crippen molar-refractivity contribution in [2.45, 2.75) is 19.4 Å². The van der Waals surface area contributed by atoms with Gasteiger partial charge in [-0.1, -0.05) is 6.07 Å². The number of carbonyl (C=O) groups is 1. The van der Waals surface area contributed by atoms with E-state index in [4.69, 9.17) is 0 Å². The first-order chi connectivity index (χ1) is 9.56. The Labute approximate surface area is 113 Å². The number of aromatic amines is 2. The number of carbonyl (C=O) groups excluding carboxylic acids is 1. The monoisotopic (exact) mass is 276 g/mol.